The minimum absolute atomic E-state index is 0.0938. The molecule has 1 fully saturated rings. The molecule has 0 saturated carbocycles. The van der Waals surface area contributed by atoms with Crippen LogP contribution in [0.3, 0.4) is 0 Å². The van der Waals surface area contributed by atoms with Crippen LogP contribution < -0.4 is 0 Å². The number of ether oxygens (including phenoxy) is 1. The van der Waals surface area contributed by atoms with Crippen molar-refractivity contribution in [1.82, 2.24) is 10.1 Å². The molecule has 19 heavy (non-hydrogen) atoms. The first-order valence-electron chi connectivity index (χ1n) is 6.12. The Kier molecular flexibility index (Phi) is 4.16. The number of aryl methyl sites for hydroxylation is 1. The summed E-state index contributed by atoms with van der Waals surface area (Å²) in [5, 5.41) is 12.1. The largest absolute Gasteiger partial charge is 0.480 e. The van der Waals surface area contributed by atoms with Gasteiger partial charge in [-0.25, -0.2) is 4.79 Å². The van der Waals surface area contributed by atoms with Crippen molar-refractivity contribution in [2.45, 2.75) is 25.9 Å². The molecule has 0 spiro atoms. The predicted octanol–water partition coefficient (Wildman–Crippen LogP) is 0.689. The van der Waals surface area contributed by atoms with E-state index in [-0.39, 0.29) is 18.6 Å². The molecular weight excluding hydrogens is 252 g/mol. The van der Waals surface area contributed by atoms with Crippen LogP contribution in [-0.4, -0.2) is 52.8 Å². The number of aliphatic carboxylic acids is 1. The zero-order chi connectivity index (χ0) is 13.8. The van der Waals surface area contributed by atoms with Gasteiger partial charge in [0, 0.05) is 13.1 Å². The van der Waals surface area contributed by atoms with Crippen LogP contribution >= 0.6 is 0 Å². The van der Waals surface area contributed by atoms with Crippen molar-refractivity contribution < 1.29 is 24.0 Å². The summed E-state index contributed by atoms with van der Waals surface area (Å²) in [6, 6.07) is 0. The van der Waals surface area contributed by atoms with Crippen molar-refractivity contribution in [3.63, 3.8) is 0 Å². The van der Waals surface area contributed by atoms with Crippen molar-refractivity contribution >= 4 is 11.9 Å². The fourth-order valence-corrected chi connectivity index (χ4v) is 2.09. The molecule has 7 heteroatoms. The Morgan fingerprint density at radius 2 is 2.21 bits per heavy atom. The first-order valence-corrected chi connectivity index (χ1v) is 6.12. The van der Waals surface area contributed by atoms with E-state index in [4.69, 9.17) is 14.4 Å². The molecule has 0 unspecified atom stereocenters. The maximum atomic E-state index is 12.1. The molecule has 0 aromatic carbocycles. The number of rotatable bonds is 4. The molecule has 7 nitrogen and oxygen atoms in total. The Hall–Kier alpha value is -1.89. The lowest BCUT2D eigenvalue weighted by molar-refractivity contribution is -0.145. The average molecular weight is 268 g/mol. The molecule has 1 amide bonds. The Morgan fingerprint density at radius 1 is 1.53 bits per heavy atom. The van der Waals surface area contributed by atoms with Crippen LogP contribution in [0.15, 0.2) is 10.7 Å². The van der Waals surface area contributed by atoms with E-state index in [0.717, 1.165) is 0 Å². The number of carboxylic acids is 1. The molecule has 0 bridgehead atoms. The van der Waals surface area contributed by atoms with Gasteiger partial charge in [-0.05, 0) is 19.8 Å². The van der Waals surface area contributed by atoms with Crippen LogP contribution in [0.5, 0.6) is 0 Å². The van der Waals surface area contributed by atoms with Crippen molar-refractivity contribution in [2.75, 3.05) is 19.7 Å². The molecule has 1 aromatic rings. The fourth-order valence-electron chi connectivity index (χ4n) is 2.09. The Balaban J connectivity index is 1.85. The third-order valence-corrected chi connectivity index (χ3v) is 3.15. The van der Waals surface area contributed by atoms with E-state index < -0.39 is 5.97 Å². The van der Waals surface area contributed by atoms with Crippen LogP contribution in [0.1, 0.15) is 29.0 Å². The lowest BCUT2D eigenvalue weighted by Crippen LogP contribution is -2.41. The highest BCUT2D eigenvalue weighted by Gasteiger charge is 2.26. The number of carboxylic acid groups (broad SMARTS) is 1. The second-order valence-corrected chi connectivity index (χ2v) is 4.49. The van der Waals surface area contributed by atoms with E-state index in [1.54, 1.807) is 11.8 Å². The zero-order valence-corrected chi connectivity index (χ0v) is 10.7. The molecule has 2 heterocycles. The van der Waals surface area contributed by atoms with Gasteiger partial charge < -0.3 is 19.3 Å². The number of piperidine rings is 1. The Bertz CT molecular complexity index is 462. The number of aromatic nitrogens is 1. The molecule has 1 N–H and O–H groups in total. The van der Waals surface area contributed by atoms with Gasteiger partial charge in [-0.3, -0.25) is 4.79 Å². The highest BCUT2D eigenvalue weighted by atomic mass is 16.5. The highest BCUT2D eigenvalue weighted by Crippen LogP contribution is 2.17. The molecular formula is C12H16N2O5. The van der Waals surface area contributed by atoms with Crippen molar-refractivity contribution in [3.8, 4) is 0 Å². The van der Waals surface area contributed by atoms with Gasteiger partial charge in [-0.2, -0.15) is 0 Å². The number of carbonyl (C=O) groups is 2. The van der Waals surface area contributed by atoms with Gasteiger partial charge in [0.15, 0.2) is 0 Å². The summed E-state index contributed by atoms with van der Waals surface area (Å²) >= 11 is 0. The first kappa shape index (κ1) is 13.5. The minimum Gasteiger partial charge on any atom is -0.480 e. The summed E-state index contributed by atoms with van der Waals surface area (Å²) < 4.78 is 10.1. The van der Waals surface area contributed by atoms with E-state index in [9.17, 15) is 9.59 Å². The molecule has 0 radical (unpaired) electrons. The third-order valence-electron chi connectivity index (χ3n) is 3.15. The quantitative estimate of drug-likeness (QED) is 0.863. The van der Waals surface area contributed by atoms with Crippen LogP contribution in [0.2, 0.25) is 0 Å². The van der Waals surface area contributed by atoms with Crippen LogP contribution in [-0.2, 0) is 9.53 Å². The predicted molar refractivity (Wildman–Crippen MR) is 63.8 cm³/mol. The van der Waals surface area contributed by atoms with E-state index in [1.807, 2.05) is 0 Å². The first-order chi connectivity index (χ1) is 9.08. The summed E-state index contributed by atoms with van der Waals surface area (Å²) in [4.78, 5) is 24.3. The number of nitrogens with zero attached hydrogens (tertiary/aromatic N) is 2. The molecule has 1 aliphatic heterocycles. The van der Waals surface area contributed by atoms with Gasteiger partial charge in [0.1, 0.15) is 17.9 Å². The summed E-state index contributed by atoms with van der Waals surface area (Å²) in [6.07, 6.45) is 2.61. The lowest BCUT2D eigenvalue weighted by atomic mass is 10.1. The Morgan fingerprint density at radius 3 is 2.74 bits per heavy atom. The van der Waals surface area contributed by atoms with E-state index >= 15 is 0 Å². The molecule has 0 atom stereocenters. The summed E-state index contributed by atoms with van der Waals surface area (Å²) in [5.41, 5.74) is 0.477. The number of amides is 1. The molecule has 0 aliphatic carbocycles. The molecule has 1 aliphatic rings. The minimum atomic E-state index is -0.974. The van der Waals surface area contributed by atoms with Gasteiger partial charge in [0.25, 0.3) is 5.91 Å². The summed E-state index contributed by atoms with van der Waals surface area (Å²) in [7, 11) is 0. The van der Waals surface area contributed by atoms with Gasteiger partial charge in [0.05, 0.1) is 12.3 Å². The summed E-state index contributed by atoms with van der Waals surface area (Å²) in [5.74, 6) is -0.566. The Labute approximate surface area is 110 Å². The number of hydrogen-bond donors (Lipinski definition) is 1. The van der Waals surface area contributed by atoms with Crippen LogP contribution in [0.25, 0.3) is 0 Å². The normalized spacial score (nSPS) is 16.6. The molecule has 104 valence electrons. The van der Waals surface area contributed by atoms with Crippen molar-refractivity contribution in [1.29, 1.82) is 0 Å². The smallest absolute Gasteiger partial charge is 0.329 e. The van der Waals surface area contributed by atoms with Crippen LogP contribution in [0.4, 0.5) is 0 Å². The summed E-state index contributed by atoms with van der Waals surface area (Å²) in [6.45, 7) is 2.51. The van der Waals surface area contributed by atoms with Crippen molar-refractivity contribution in [3.05, 3.63) is 17.5 Å². The number of hydrogen-bond acceptors (Lipinski definition) is 5. The fraction of sp³-hybridized carbons (Fsp3) is 0.583. The second kappa shape index (κ2) is 5.83. The highest BCUT2D eigenvalue weighted by molar-refractivity contribution is 5.94. The molecule has 1 aromatic heterocycles. The zero-order valence-electron chi connectivity index (χ0n) is 10.7. The number of likely N-dealkylation sites (tertiary alicyclic amines) is 1. The maximum Gasteiger partial charge on any atom is 0.329 e. The molecule has 2 rings (SSSR count). The number of carbonyl (C=O) groups excluding carboxylic acids is 1. The standard InChI is InChI=1S/C12H16N2O5/c1-8-10(6-13-19-8)12(17)14-4-2-9(3-5-14)18-7-11(15)16/h6,9H,2-5,7H2,1H3,(H,15,16). The van der Waals surface area contributed by atoms with Gasteiger partial charge >= 0.3 is 5.97 Å². The second-order valence-electron chi connectivity index (χ2n) is 4.49. The van der Waals surface area contributed by atoms with Crippen molar-refractivity contribution in [2.24, 2.45) is 0 Å². The van der Waals surface area contributed by atoms with Gasteiger partial charge in [-0.1, -0.05) is 5.16 Å². The SMILES string of the molecule is Cc1oncc1C(=O)N1CCC(OCC(=O)O)CC1. The molecule has 1 saturated heterocycles. The maximum absolute atomic E-state index is 12.1. The van der Waals surface area contributed by atoms with E-state index in [0.29, 0.717) is 37.3 Å². The lowest BCUT2D eigenvalue weighted by Gasteiger charge is -2.31. The van der Waals surface area contributed by atoms with Crippen LogP contribution in [0, 0.1) is 6.92 Å². The monoisotopic (exact) mass is 268 g/mol. The van der Waals surface area contributed by atoms with E-state index in [1.165, 1.54) is 6.20 Å². The average Bonchev–Trinajstić information content (AvgIpc) is 2.82. The third kappa shape index (κ3) is 3.31. The van der Waals surface area contributed by atoms with Gasteiger partial charge in [-0.15, -0.1) is 0 Å². The topological polar surface area (TPSA) is 92.9 Å². The van der Waals surface area contributed by atoms with E-state index in [2.05, 4.69) is 5.16 Å². The van der Waals surface area contributed by atoms with Gasteiger partial charge in [0.2, 0.25) is 0 Å².